The Kier molecular flexibility index (Phi) is 4.59. The molecular weight excluding hydrogens is 174 g/mol. The number of nitrogens with zero attached hydrogens (tertiary/aromatic N) is 1. The van der Waals surface area contributed by atoms with Gasteiger partial charge < -0.3 is 0 Å². The Morgan fingerprint density at radius 1 is 1.57 bits per heavy atom. The molecule has 1 aliphatic heterocycles. The molecule has 0 radical (unpaired) electrons. The minimum Gasteiger partial charge on any atom is -0.300 e. The highest BCUT2D eigenvalue weighted by Crippen LogP contribution is 2.19. The number of likely N-dealkylation sites (tertiary alicyclic amines) is 1. The molecule has 1 aliphatic rings. The number of Topliss-reactive ketones (excluding diaryl/α,β-unsaturated/α-hetero) is 1. The molecule has 1 heterocycles. The van der Waals surface area contributed by atoms with Gasteiger partial charge in [-0.05, 0) is 20.3 Å². The van der Waals surface area contributed by atoms with Crippen LogP contribution < -0.4 is 0 Å². The van der Waals surface area contributed by atoms with E-state index in [1.165, 1.54) is 19.3 Å². The average Bonchev–Trinajstić information content (AvgIpc) is 2.14. The van der Waals surface area contributed by atoms with Crippen LogP contribution in [0.1, 0.15) is 52.9 Å². The molecule has 0 bridgehead atoms. The molecule has 1 saturated heterocycles. The number of unbranched alkanes of at least 4 members (excludes halogenated alkanes) is 1. The Morgan fingerprint density at radius 2 is 2.29 bits per heavy atom. The Morgan fingerprint density at radius 3 is 2.86 bits per heavy atom. The van der Waals surface area contributed by atoms with Gasteiger partial charge in [-0.3, -0.25) is 9.69 Å². The van der Waals surface area contributed by atoms with Crippen molar-refractivity contribution in [3.63, 3.8) is 0 Å². The molecule has 0 N–H and O–H groups in total. The van der Waals surface area contributed by atoms with Gasteiger partial charge in [-0.1, -0.05) is 19.8 Å². The maximum Gasteiger partial charge on any atom is 0.135 e. The second-order valence-corrected chi connectivity index (χ2v) is 4.57. The summed E-state index contributed by atoms with van der Waals surface area (Å²) in [5.41, 5.74) is 0. The van der Waals surface area contributed by atoms with Crippen molar-refractivity contribution in [2.24, 2.45) is 0 Å². The number of carbonyl (C=O) groups is 1. The number of hydrogen-bond acceptors (Lipinski definition) is 2. The van der Waals surface area contributed by atoms with Gasteiger partial charge in [-0.15, -0.1) is 0 Å². The van der Waals surface area contributed by atoms with E-state index in [9.17, 15) is 4.79 Å². The lowest BCUT2D eigenvalue weighted by Gasteiger charge is -2.37. The van der Waals surface area contributed by atoms with E-state index in [2.05, 4.69) is 25.7 Å². The maximum atomic E-state index is 11.2. The van der Waals surface area contributed by atoms with Crippen molar-refractivity contribution in [3.8, 4) is 0 Å². The molecule has 2 atom stereocenters. The molecule has 82 valence electrons. The SMILES string of the molecule is CCCCC(C)N1CCC(=O)CC1C. The number of hydrogen-bond donors (Lipinski definition) is 0. The fraction of sp³-hybridized carbons (Fsp3) is 0.917. The number of carbonyl (C=O) groups excluding carboxylic acids is 1. The molecular formula is C12H23NO. The Labute approximate surface area is 87.7 Å². The van der Waals surface area contributed by atoms with Crippen LogP contribution in [0.3, 0.4) is 0 Å². The van der Waals surface area contributed by atoms with E-state index in [1.54, 1.807) is 0 Å². The van der Waals surface area contributed by atoms with Crippen molar-refractivity contribution in [2.45, 2.75) is 65.0 Å². The van der Waals surface area contributed by atoms with Crippen LogP contribution in [-0.2, 0) is 4.79 Å². The zero-order valence-corrected chi connectivity index (χ0v) is 9.75. The van der Waals surface area contributed by atoms with Crippen LogP contribution in [0.2, 0.25) is 0 Å². The summed E-state index contributed by atoms with van der Waals surface area (Å²) < 4.78 is 0. The molecule has 0 spiro atoms. The smallest absolute Gasteiger partial charge is 0.135 e. The van der Waals surface area contributed by atoms with Gasteiger partial charge in [0, 0.05) is 31.5 Å². The van der Waals surface area contributed by atoms with Crippen LogP contribution in [0.15, 0.2) is 0 Å². The molecule has 2 unspecified atom stereocenters. The third-order valence-corrected chi connectivity index (χ3v) is 3.28. The highest BCUT2D eigenvalue weighted by molar-refractivity contribution is 5.79. The maximum absolute atomic E-state index is 11.2. The number of piperidine rings is 1. The fourth-order valence-corrected chi connectivity index (χ4v) is 2.34. The first-order valence-corrected chi connectivity index (χ1v) is 5.92. The van der Waals surface area contributed by atoms with Gasteiger partial charge >= 0.3 is 0 Å². The van der Waals surface area contributed by atoms with E-state index in [-0.39, 0.29) is 0 Å². The average molecular weight is 197 g/mol. The van der Waals surface area contributed by atoms with Gasteiger partial charge in [0.25, 0.3) is 0 Å². The Hall–Kier alpha value is -0.370. The normalized spacial score (nSPS) is 26.5. The zero-order valence-electron chi connectivity index (χ0n) is 9.75. The first-order valence-electron chi connectivity index (χ1n) is 5.92. The van der Waals surface area contributed by atoms with Crippen molar-refractivity contribution in [1.82, 2.24) is 4.90 Å². The zero-order chi connectivity index (χ0) is 10.6. The molecule has 0 aromatic heterocycles. The van der Waals surface area contributed by atoms with Gasteiger partial charge in [0.2, 0.25) is 0 Å². The topological polar surface area (TPSA) is 20.3 Å². The molecule has 14 heavy (non-hydrogen) atoms. The summed E-state index contributed by atoms with van der Waals surface area (Å²) in [6.45, 7) is 7.68. The van der Waals surface area contributed by atoms with Crippen molar-refractivity contribution >= 4 is 5.78 Å². The first kappa shape index (κ1) is 11.7. The van der Waals surface area contributed by atoms with Crippen LogP contribution in [0.5, 0.6) is 0 Å². The molecule has 0 saturated carbocycles. The summed E-state index contributed by atoms with van der Waals surface area (Å²) in [6.07, 6.45) is 5.37. The summed E-state index contributed by atoms with van der Waals surface area (Å²) in [7, 11) is 0. The van der Waals surface area contributed by atoms with Crippen molar-refractivity contribution in [1.29, 1.82) is 0 Å². The van der Waals surface area contributed by atoms with Gasteiger partial charge in [0.15, 0.2) is 0 Å². The van der Waals surface area contributed by atoms with Gasteiger partial charge in [-0.25, -0.2) is 0 Å². The van der Waals surface area contributed by atoms with E-state index in [4.69, 9.17) is 0 Å². The molecule has 0 amide bonds. The second kappa shape index (κ2) is 5.50. The third kappa shape index (κ3) is 3.09. The lowest BCUT2D eigenvalue weighted by Crippen LogP contribution is -2.46. The summed E-state index contributed by atoms with van der Waals surface area (Å²) in [5, 5.41) is 0. The van der Waals surface area contributed by atoms with Gasteiger partial charge in [0.05, 0.1) is 0 Å². The number of rotatable bonds is 4. The standard InChI is InChI=1S/C12H23NO/c1-4-5-6-10(2)13-8-7-12(14)9-11(13)3/h10-11H,4-9H2,1-3H3. The predicted molar refractivity (Wildman–Crippen MR) is 59.4 cm³/mol. The highest BCUT2D eigenvalue weighted by Gasteiger charge is 2.26. The Balaban J connectivity index is 2.38. The molecule has 0 aromatic carbocycles. The van der Waals surface area contributed by atoms with E-state index >= 15 is 0 Å². The number of ketones is 1. The molecule has 1 fully saturated rings. The van der Waals surface area contributed by atoms with E-state index in [1.807, 2.05) is 0 Å². The van der Waals surface area contributed by atoms with Crippen molar-refractivity contribution in [3.05, 3.63) is 0 Å². The second-order valence-electron chi connectivity index (χ2n) is 4.57. The fourth-order valence-electron chi connectivity index (χ4n) is 2.34. The van der Waals surface area contributed by atoms with E-state index in [0.717, 1.165) is 19.4 Å². The van der Waals surface area contributed by atoms with Crippen LogP contribution in [0.4, 0.5) is 0 Å². The largest absolute Gasteiger partial charge is 0.300 e. The summed E-state index contributed by atoms with van der Waals surface area (Å²) in [6, 6.07) is 1.11. The molecule has 2 heteroatoms. The van der Waals surface area contributed by atoms with Crippen molar-refractivity contribution in [2.75, 3.05) is 6.54 Å². The molecule has 0 aromatic rings. The highest BCUT2D eigenvalue weighted by atomic mass is 16.1. The summed E-state index contributed by atoms with van der Waals surface area (Å²) >= 11 is 0. The van der Waals surface area contributed by atoms with Crippen LogP contribution in [0.25, 0.3) is 0 Å². The monoisotopic (exact) mass is 197 g/mol. The van der Waals surface area contributed by atoms with Crippen LogP contribution >= 0.6 is 0 Å². The van der Waals surface area contributed by atoms with E-state index < -0.39 is 0 Å². The summed E-state index contributed by atoms with van der Waals surface area (Å²) in [5.74, 6) is 0.441. The van der Waals surface area contributed by atoms with E-state index in [0.29, 0.717) is 17.9 Å². The first-order chi connectivity index (χ1) is 6.65. The van der Waals surface area contributed by atoms with Crippen molar-refractivity contribution < 1.29 is 4.79 Å². The molecule has 0 aliphatic carbocycles. The lowest BCUT2D eigenvalue weighted by molar-refractivity contribution is -0.123. The van der Waals surface area contributed by atoms with Crippen LogP contribution in [0, 0.1) is 0 Å². The minimum atomic E-state index is 0.441. The predicted octanol–water partition coefficient (Wildman–Crippen LogP) is 2.62. The van der Waals surface area contributed by atoms with Crippen LogP contribution in [-0.4, -0.2) is 29.3 Å². The van der Waals surface area contributed by atoms with Gasteiger partial charge in [0.1, 0.15) is 5.78 Å². The summed E-state index contributed by atoms with van der Waals surface area (Å²) in [4.78, 5) is 13.7. The minimum absolute atomic E-state index is 0.441. The molecule has 1 rings (SSSR count). The third-order valence-electron chi connectivity index (χ3n) is 3.28. The molecule has 2 nitrogen and oxygen atoms in total. The lowest BCUT2D eigenvalue weighted by atomic mass is 9.98. The quantitative estimate of drug-likeness (QED) is 0.690. The van der Waals surface area contributed by atoms with Gasteiger partial charge in [-0.2, -0.15) is 0 Å². The Bertz CT molecular complexity index is 191.